The summed E-state index contributed by atoms with van der Waals surface area (Å²) in [7, 11) is -3.79. The average Bonchev–Trinajstić information content (AvgIpc) is 2.27. The van der Waals surface area contributed by atoms with Crippen molar-refractivity contribution in [3.05, 3.63) is 18.2 Å². The summed E-state index contributed by atoms with van der Waals surface area (Å²) in [6.07, 6.45) is 0. The molecule has 1 aromatic carbocycles. The molecule has 6 N–H and O–H groups in total. The maximum absolute atomic E-state index is 11.1. The second-order valence-electron chi connectivity index (χ2n) is 3.56. The number of nitrogen functional groups attached to an aromatic ring is 1. The smallest absolute Gasteiger partial charge is 0.240 e. The molecule has 0 unspecified atom stereocenters. The first-order chi connectivity index (χ1) is 8.45. The molecule has 0 bridgehead atoms. The first-order valence-electron chi connectivity index (χ1n) is 5.30. The zero-order valence-corrected chi connectivity index (χ0v) is 10.6. The van der Waals surface area contributed by atoms with Crippen LogP contribution in [0.1, 0.15) is 0 Å². The monoisotopic (exact) mass is 275 g/mol. The number of hydrogen-bond donors (Lipinski definition) is 4. The maximum atomic E-state index is 11.1. The van der Waals surface area contributed by atoms with E-state index in [1.54, 1.807) is 6.07 Å². The zero-order valence-electron chi connectivity index (χ0n) is 9.80. The molecule has 1 rings (SSSR count). The van der Waals surface area contributed by atoms with Crippen molar-refractivity contribution in [1.29, 1.82) is 0 Å². The van der Waals surface area contributed by atoms with E-state index in [4.69, 9.17) is 20.7 Å². The molecule has 0 amide bonds. The molecule has 0 fully saturated rings. The number of nitrogens with one attached hydrogen (secondary N) is 1. The number of ether oxygens (including phenoxy) is 1. The first kappa shape index (κ1) is 14.7. The SMILES string of the molecule is Nc1cc(NCCOCCO)ccc1S(N)(=O)=O. The summed E-state index contributed by atoms with van der Waals surface area (Å²) >= 11 is 0. The van der Waals surface area contributed by atoms with Gasteiger partial charge in [-0.15, -0.1) is 0 Å². The van der Waals surface area contributed by atoms with Crippen molar-refractivity contribution in [2.24, 2.45) is 5.14 Å². The Bertz CT molecular complexity index is 490. The van der Waals surface area contributed by atoms with Crippen LogP contribution in [0.5, 0.6) is 0 Å². The molecule has 7 nitrogen and oxygen atoms in total. The molecule has 0 aliphatic heterocycles. The van der Waals surface area contributed by atoms with Crippen molar-refractivity contribution in [2.45, 2.75) is 4.90 Å². The highest BCUT2D eigenvalue weighted by Crippen LogP contribution is 2.21. The average molecular weight is 275 g/mol. The molecule has 18 heavy (non-hydrogen) atoms. The Balaban J connectivity index is 2.57. The van der Waals surface area contributed by atoms with E-state index in [9.17, 15) is 8.42 Å². The van der Waals surface area contributed by atoms with Crippen molar-refractivity contribution in [1.82, 2.24) is 0 Å². The molecular formula is C10H17N3O4S. The molecule has 0 atom stereocenters. The minimum absolute atomic E-state index is 0.0179. The quantitative estimate of drug-likeness (QED) is 0.386. The Morgan fingerprint density at radius 2 is 2.06 bits per heavy atom. The van der Waals surface area contributed by atoms with Crippen molar-refractivity contribution >= 4 is 21.4 Å². The van der Waals surface area contributed by atoms with Crippen LogP contribution in [-0.2, 0) is 14.8 Å². The van der Waals surface area contributed by atoms with E-state index >= 15 is 0 Å². The molecule has 0 spiro atoms. The lowest BCUT2D eigenvalue weighted by Gasteiger charge is -2.09. The standard InChI is InChI=1S/C10H17N3O4S/c11-9-7-8(13-3-5-17-6-4-14)1-2-10(9)18(12,15)16/h1-2,7,13-14H,3-6,11H2,(H2,12,15,16). The number of sulfonamides is 1. The number of aliphatic hydroxyl groups excluding tert-OH is 1. The van der Waals surface area contributed by atoms with Gasteiger partial charge >= 0.3 is 0 Å². The molecule has 0 radical (unpaired) electrons. The van der Waals surface area contributed by atoms with Gasteiger partial charge in [-0.3, -0.25) is 0 Å². The fourth-order valence-electron chi connectivity index (χ4n) is 1.35. The van der Waals surface area contributed by atoms with Crippen LogP contribution in [0.3, 0.4) is 0 Å². The van der Waals surface area contributed by atoms with E-state index in [-0.39, 0.29) is 23.8 Å². The Morgan fingerprint density at radius 3 is 2.61 bits per heavy atom. The number of hydrogen-bond acceptors (Lipinski definition) is 6. The lowest BCUT2D eigenvalue weighted by molar-refractivity contribution is 0.0992. The summed E-state index contributed by atoms with van der Waals surface area (Å²) in [5.41, 5.74) is 6.37. The van der Waals surface area contributed by atoms with Crippen molar-refractivity contribution in [3.63, 3.8) is 0 Å². The highest BCUT2D eigenvalue weighted by atomic mass is 32.2. The molecule has 0 saturated carbocycles. The predicted octanol–water partition coefficient (Wildman–Crippen LogP) is -0.663. The molecule has 0 aromatic heterocycles. The van der Waals surface area contributed by atoms with Gasteiger partial charge in [0.2, 0.25) is 10.0 Å². The zero-order chi connectivity index (χ0) is 13.6. The van der Waals surface area contributed by atoms with Crippen LogP contribution in [0.25, 0.3) is 0 Å². The Labute approximate surface area is 106 Å². The Hall–Kier alpha value is -1.35. The summed E-state index contributed by atoms with van der Waals surface area (Å²) < 4.78 is 27.3. The summed E-state index contributed by atoms with van der Waals surface area (Å²) in [6, 6.07) is 4.41. The number of primary sulfonamides is 1. The second kappa shape index (κ2) is 6.55. The molecule has 0 heterocycles. The van der Waals surface area contributed by atoms with Crippen molar-refractivity contribution in [3.8, 4) is 0 Å². The number of anilines is 2. The third-order valence-electron chi connectivity index (χ3n) is 2.13. The van der Waals surface area contributed by atoms with Gasteiger partial charge < -0.3 is 20.9 Å². The highest BCUT2D eigenvalue weighted by Gasteiger charge is 2.11. The number of rotatable bonds is 7. The van der Waals surface area contributed by atoms with Crippen LogP contribution in [-0.4, -0.2) is 39.9 Å². The third-order valence-corrected chi connectivity index (χ3v) is 3.11. The Kier molecular flexibility index (Phi) is 5.35. The topological polar surface area (TPSA) is 128 Å². The summed E-state index contributed by atoms with van der Waals surface area (Å²) in [4.78, 5) is -0.0930. The maximum Gasteiger partial charge on any atom is 0.240 e. The van der Waals surface area contributed by atoms with Crippen LogP contribution >= 0.6 is 0 Å². The van der Waals surface area contributed by atoms with Gasteiger partial charge in [0.15, 0.2) is 0 Å². The number of aliphatic hydroxyl groups is 1. The van der Waals surface area contributed by atoms with Crippen LogP contribution in [0.2, 0.25) is 0 Å². The fourth-order valence-corrected chi connectivity index (χ4v) is 2.00. The van der Waals surface area contributed by atoms with Crippen LogP contribution in [0.4, 0.5) is 11.4 Å². The number of nitrogens with two attached hydrogens (primary N) is 2. The van der Waals surface area contributed by atoms with Gasteiger partial charge in [0.1, 0.15) is 4.90 Å². The lowest BCUT2D eigenvalue weighted by Crippen LogP contribution is -2.15. The predicted molar refractivity (Wildman–Crippen MR) is 68.6 cm³/mol. The van der Waals surface area contributed by atoms with E-state index in [1.807, 2.05) is 0 Å². The summed E-state index contributed by atoms with van der Waals surface area (Å²) in [5, 5.41) is 16.5. The third kappa shape index (κ3) is 4.49. The van der Waals surface area contributed by atoms with E-state index in [0.29, 0.717) is 18.8 Å². The van der Waals surface area contributed by atoms with Gasteiger partial charge in [-0.05, 0) is 18.2 Å². The Morgan fingerprint density at radius 1 is 1.33 bits per heavy atom. The van der Waals surface area contributed by atoms with Crippen molar-refractivity contribution in [2.75, 3.05) is 37.4 Å². The second-order valence-corrected chi connectivity index (χ2v) is 5.09. The van der Waals surface area contributed by atoms with E-state index in [0.717, 1.165) is 0 Å². The molecular weight excluding hydrogens is 258 g/mol. The largest absolute Gasteiger partial charge is 0.398 e. The molecule has 102 valence electrons. The van der Waals surface area contributed by atoms with Crippen LogP contribution in [0, 0.1) is 0 Å². The van der Waals surface area contributed by atoms with Crippen LogP contribution in [0.15, 0.2) is 23.1 Å². The van der Waals surface area contributed by atoms with Gasteiger partial charge in [0, 0.05) is 12.2 Å². The lowest BCUT2D eigenvalue weighted by atomic mass is 10.3. The fraction of sp³-hybridized carbons (Fsp3) is 0.400. The summed E-state index contributed by atoms with van der Waals surface area (Å²) in [6.45, 7) is 1.22. The van der Waals surface area contributed by atoms with Crippen LogP contribution < -0.4 is 16.2 Å². The molecule has 8 heteroatoms. The molecule has 1 aromatic rings. The number of benzene rings is 1. The molecule has 0 aliphatic carbocycles. The summed E-state index contributed by atoms with van der Waals surface area (Å²) in [5.74, 6) is 0. The highest BCUT2D eigenvalue weighted by molar-refractivity contribution is 7.89. The molecule has 0 aliphatic rings. The normalized spacial score (nSPS) is 11.4. The van der Waals surface area contributed by atoms with Crippen molar-refractivity contribution < 1.29 is 18.3 Å². The van der Waals surface area contributed by atoms with E-state index in [1.165, 1.54) is 12.1 Å². The van der Waals surface area contributed by atoms with Gasteiger partial charge in [0.05, 0.1) is 25.5 Å². The minimum Gasteiger partial charge on any atom is -0.398 e. The van der Waals surface area contributed by atoms with Gasteiger partial charge in [-0.1, -0.05) is 0 Å². The van der Waals surface area contributed by atoms with E-state index in [2.05, 4.69) is 5.32 Å². The minimum atomic E-state index is -3.79. The van der Waals surface area contributed by atoms with Gasteiger partial charge in [0.25, 0.3) is 0 Å². The van der Waals surface area contributed by atoms with E-state index < -0.39 is 10.0 Å². The molecule has 0 saturated heterocycles. The van der Waals surface area contributed by atoms with Gasteiger partial charge in [-0.25, -0.2) is 13.6 Å². The van der Waals surface area contributed by atoms with Gasteiger partial charge in [-0.2, -0.15) is 0 Å². The first-order valence-corrected chi connectivity index (χ1v) is 6.84.